The number of hydrogen-bond acceptors (Lipinski definition) is 5. The van der Waals surface area contributed by atoms with Crippen molar-refractivity contribution in [2.45, 2.75) is 44.3 Å². The number of imidazole rings is 1. The van der Waals surface area contributed by atoms with Gasteiger partial charge in [-0.25, -0.2) is 9.78 Å². The number of nitrogens with zero attached hydrogens (tertiary/aromatic N) is 4. The number of nitrogens with one attached hydrogen (secondary N) is 1. The lowest BCUT2D eigenvalue weighted by atomic mass is 10.1. The minimum absolute atomic E-state index is 0.0439. The van der Waals surface area contributed by atoms with Gasteiger partial charge in [0.25, 0.3) is 5.56 Å². The summed E-state index contributed by atoms with van der Waals surface area (Å²) in [4.78, 5) is 42.4. The Morgan fingerprint density at radius 3 is 2.50 bits per heavy atom. The number of hydrogen-bond donors (Lipinski definition) is 1. The van der Waals surface area contributed by atoms with Crippen LogP contribution in [0.1, 0.15) is 36.8 Å². The van der Waals surface area contributed by atoms with Crippen molar-refractivity contribution in [3.63, 3.8) is 0 Å². The van der Waals surface area contributed by atoms with Crippen molar-refractivity contribution >= 4 is 28.8 Å². The van der Waals surface area contributed by atoms with Crippen molar-refractivity contribution in [3.8, 4) is 0 Å². The molecule has 1 saturated carbocycles. The van der Waals surface area contributed by atoms with Gasteiger partial charge in [-0.3, -0.25) is 18.7 Å². The van der Waals surface area contributed by atoms with Gasteiger partial charge in [0.15, 0.2) is 16.3 Å². The molecule has 1 amide bonds. The van der Waals surface area contributed by atoms with Crippen LogP contribution < -0.4 is 16.6 Å². The van der Waals surface area contributed by atoms with Crippen molar-refractivity contribution in [1.29, 1.82) is 0 Å². The van der Waals surface area contributed by atoms with Gasteiger partial charge < -0.3 is 9.88 Å². The quantitative estimate of drug-likeness (QED) is 0.552. The van der Waals surface area contributed by atoms with Gasteiger partial charge >= 0.3 is 5.69 Å². The van der Waals surface area contributed by atoms with Crippen LogP contribution in [0.3, 0.4) is 0 Å². The van der Waals surface area contributed by atoms with Crippen molar-refractivity contribution in [2.75, 3.05) is 12.3 Å². The van der Waals surface area contributed by atoms with Gasteiger partial charge in [0.2, 0.25) is 5.91 Å². The summed E-state index contributed by atoms with van der Waals surface area (Å²) in [6.07, 6.45) is 4.84. The molecule has 3 aromatic rings. The Morgan fingerprint density at radius 1 is 1.12 bits per heavy atom. The summed E-state index contributed by atoms with van der Waals surface area (Å²) in [6, 6.07) is 8.06. The molecule has 1 aromatic carbocycles. The van der Waals surface area contributed by atoms with Gasteiger partial charge in [-0.2, -0.15) is 0 Å². The van der Waals surface area contributed by atoms with E-state index in [0.717, 1.165) is 15.7 Å². The maximum Gasteiger partial charge on any atom is 0.332 e. The number of fused-ring (bicyclic) bond motifs is 1. The van der Waals surface area contributed by atoms with E-state index in [1.807, 2.05) is 35.8 Å². The van der Waals surface area contributed by atoms with E-state index in [1.165, 1.54) is 49.1 Å². The van der Waals surface area contributed by atoms with Crippen molar-refractivity contribution in [1.82, 2.24) is 24.0 Å². The van der Waals surface area contributed by atoms with E-state index in [2.05, 4.69) is 10.3 Å². The molecule has 0 aliphatic heterocycles. The zero-order valence-corrected chi connectivity index (χ0v) is 19.6. The molecule has 1 fully saturated rings. The Balaban J connectivity index is 1.64. The fourth-order valence-corrected chi connectivity index (χ4v) is 5.04. The van der Waals surface area contributed by atoms with Gasteiger partial charge in [-0.1, -0.05) is 54.4 Å². The molecule has 170 valence electrons. The highest BCUT2D eigenvalue weighted by atomic mass is 32.2. The minimum Gasteiger partial charge on any atom is -0.355 e. The fraction of sp³-hybridized carbons (Fsp3) is 0.478. The number of benzene rings is 1. The van der Waals surface area contributed by atoms with E-state index in [0.29, 0.717) is 35.3 Å². The first-order valence-corrected chi connectivity index (χ1v) is 11.9. The van der Waals surface area contributed by atoms with Crippen LogP contribution in [0.5, 0.6) is 0 Å². The lowest BCUT2D eigenvalue weighted by Gasteiger charge is -2.11. The van der Waals surface area contributed by atoms with E-state index in [-0.39, 0.29) is 17.2 Å². The normalized spacial score (nSPS) is 14.3. The number of carbonyl (C=O) groups is 1. The van der Waals surface area contributed by atoms with Crippen LogP contribution in [-0.4, -0.2) is 36.9 Å². The van der Waals surface area contributed by atoms with E-state index < -0.39 is 5.69 Å². The molecule has 4 rings (SSSR count). The van der Waals surface area contributed by atoms with E-state index in [1.54, 1.807) is 7.05 Å². The highest BCUT2D eigenvalue weighted by Crippen LogP contribution is 2.25. The Hall–Kier alpha value is -2.81. The summed E-state index contributed by atoms with van der Waals surface area (Å²) in [6.45, 7) is 3.16. The third-order valence-electron chi connectivity index (χ3n) is 6.17. The third kappa shape index (κ3) is 4.53. The van der Waals surface area contributed by atoms with E-state index in [9.17, 15) is 14.4 Å². The van der Waals surface area contributed by atoms with Crippen LogP contribution in [0.2, 0.25) is 0 Å². The molecule has 9 heteroatoms. The minimum atomic E-state index is -0.423. The molecule has 1 N–H and O–H groups in total. The predicted molar refractivity (Wildman–Crippen MR) is 126 cm³/mol. The Labute approximate surface area is 190 Å². The summed E-state index contributed by atoms with van der Waals surface area (Å²) in [7, 11) is 3.08. The monoisotopic (exact) mass is 455 g/mol. The molecule has 1 aliphatic rings. The first-order chi connectivity index (χ1) is 15.3. The molecule has 2 heterocycles. The molecule has 0 atom stereocenters. The highest BCUT2D eigenvalue weighted by Gasteiger charge is 2.21. The number of amides is 1. The van der Waals surface area contributed by atoms with Crippen molar-refractivity contribution in [3.05, 3.63) is 56.2 Å². The summed E-state index contributed by atoms with van der Waals surface area (Å²) < 4.78 is 4.29. The van der Waals surface area contributed by atoms with Gasteiger partial charge in [-0.15, -0.1) is 0 Å². The highest BCUT2D eigenvalue weighted by molar-refractivity contribution is 7.99. The maximum absolute atomic E-state index is 13.0. The number of aromatic nitrogens is 4. The van der Waals surface area contributed by atoms with Gasteiger partial charge in [0.05, 0.1) is 12.3 Å². The molecule has 0 spiro atoms. The van der Waals surface area contributed by atoms with Crippen LogP contribution in [0, 0.1) is 12.8 Å². The second-order valence-corrected chi connectivity index (χ2v) is 9.53. The fourth-order valence-electron chi connectivity index (χ4n) is 4.21. The van der Waals surface area contributed by atoms with Crippen LogP contribution in [0.25, 0.3) is 11.2 Å². The van der Waals surface area contributed by atoms with Crippen molar-refractivity contribution < 1.29 is 4.79 Å². The summed E-state index contributed by atoms with van der Waals surface area (Å²) in [5, 5.41) is 3.58. The Bertz CT molecular complexity index is 1250. The average Bonchev–Trinajstić information content (AvgIpc) is 3.43. The molecule has 2 aromatic heterocycles. The predicted octanol–water partition coefficient (Wildman–Crippen LogP) is 2.19. The van der Waals surface area contributed by atoms with Gasteiger partial charge in [0.1, 0.15) is 0 Å². The number of carbonyl (C=O) groups excluding carboxylic acids is 1. The first kappa shape index (κ1) is 22.4. The third-order valence-corrected chi connectivity index (χ3v) is 7.15. The molecule has 0 saturated heterocycles. The zero-order valence-electron chi connectivity index (χ0n) is 18.8. The van der Waals surface area contributed by atoms with Crippen molar-refractivity contribution in [2.24, 2.45) is 20.0 Å². The summed E-state index contributed by atoms with van der Waals surface area (Å²) in [5.41, 5.74) is 2.05. The number of aryl methyl sites for hydroxylation is 2. The molecule has 8 nitrogen and oxygen atoms in total. The van der Waals surface area contributed by atoms with Crippen LogP contribution >= 0.6 is 11.8 Å². The largest absolute Gasteiger partial charge is 0.355 e. The lowest BCUT2D eigenvalue weighted by Crippen LogP contribution is -2.37. The van der Waals surface area contributed by atoms with E-state index >= 15 is 0 Å². The molecular weight excluding hydrogens is 426 g/mol. The summed E-state index contributed by atoms with van der Waals surface area (Å²) in [5.74, 6) is 0.739. The smallest absolute Gasteiger partial charge is 0.332 e. The van der Waals surface area contributed by atoms with Crippen LogP contribution in [-0.2, 0) is 25.4 Å². The molecule has 0 bridgehead atoms. The number of rotatable bonds is 7. The second kappa shape index (κ2) is 9.36. The molecular formula is C23H29N5O3S. The van der Waals surface area contributed by atoms with Crippen LogP contribution in [0.4, 0.5) is 0 Å². The lowest BCUT2D eigenvalue weighted by molar-refractivity contribution is -0.118. The zero-order chi connectivity index (χ0) is 22.8. The van der Waals surface area contributed by atoms with E-state index in [4.69, 9.17) is 0 Å². The SMILES string of the molecule is Cc1ccc(Cn2c(SCC(=O)NCC3CCCC3)nc3c2c(=O)n(C)c(=O)n3C)cc1. The maximum atomic E-state index is 13.0. The Kier molecular flexibility index (Phi) is 6.55. The average molecular weight is 456 g/mol. The molecule has 1 aliphatic carbocycles. The van der Waals surface area contributed by atoms with Gasteiger partial charge in [0, 0.05) is 20.6 Å². The van der Waals surface area contributed by atoms with Gasteiger partial charge in [-0.05, 0) is 31.2 Å². The first-order valence-electron chi connectivity index (χ1n) is 11.0. The number of thioether (sulfide) groups is 1. The molecule has 32 heavy (non-hydrogen) atoms. The molecule has 0 radical (unpaired) electrons. The Morgan fingerprint density at radius 2 is 1.81 bits per heavy atom. The topological polar surface area (TPSA) is 90.9 Å². The second-order valence-electron chi connectivity index (χ2n) is 8.59. The van der Waals surface area contributed by atoms with Crippen LogP contribution in [0.15, 0.2) is 39.0 Å². The summed E-state index contributed by atoms with van der Waals surface area (Å²) >= 11 is 1.29. The molecule has 0 unspecified atom stereocenters. The standard InChI is InChI=1S/C23H29N5O3S/c1-15-8-10-17(11-9-15)13-28-19-20(26(2)23(31)27(3)21(19)30)25-22(28)32-14-18(29)24-12-16-6-4-5-7-16/h8-11,16H,4-7,12-14H2,1-3H3,(H,24,29).